The van der Waals surface area contributed by atoms with E-state index in [1.165, 1.54) is 243 Å². The molecule has 338 valence electrons. The molecule has 0 spiro atoms. The maximum atomic E-state index is 5.58. The standard InChI is InChI=1S/C48H104N6S2/c1-3-5-7-9-11-13-15-17-19-21-23-25-27-31-47-55-52-42-35-45-54(44-34-41-51-39-30-29-38-50-40-33-37-49)46-36-43-53-56-48-32-28-26-24-22-20-18-16-14-12-10-8-6-4-2/h50-53H,3-49H2,1-2H3. The zero-order valence-corrected chi connectivity index (χ0v) is 40.0. The van der Waals surface area contributed by atoms with Gasteiger partial charge in [0.15, 0.2) is 0 Å². The number of hydrogen-bond donors (Lipinski definition) is 5. The highest BCUT2D eigenvalue weighted by molar-refractivity contribution is 7.97. The van der Waals surface area contributed by atoms with Gasteiger partial charge in [0.1, 0.15) is 0 Å². The Kier molecular flexibility index (Phi) is 53.9. The van der Waals surface area contributed by atoms with Crippen molar-refractivity contribution in [2.24, 2.45) is 5.73 Å². The first kappa shape index (κ1) is 56.5. The van der Waals surface area contributed by atoms with Crippen molar-refractivity contribution in [2.45, 2.75) is 232 Å². The minimum Gasteiger partial charge on any atom is -0.330 e. The molecule has 0 aliphatic carbocycles. The number of unbranched alkanes of at least 4 members (excludes halogenated alkanes) is 27. The second-order valence-electron chi connectivity index (χ2n) is 16.9. The van der Waals surface area contributed by atoms with E-state index in [2.05, 4.69) is 38.8 Å². The SMILES string of the molecule is CCCCCCCCCCCCCCCCSNCCCN(CCCNCCCCNCCCN)CCCNSCCCCCCCCCCCCCCCC. The van der Waals surface area contributed by atoms with Crippen LogP contribution in [-0.2, 0) is 0 Å². The van der Waals surface area contributed by atoms with Crippen molar-refractivity contribution in [3.63, 3.8) is 0 Å². The van der Waals surface area contributed by atoms with Gasteiger partial charge in [0.05, 0.1) is 0 Å². The van der Waals surface area contributed by atoms with Crippen LogP contribution >= 0.6 is 23.9 Å². The van der Waals surface area contributed by atoms with Crippen LogP contribution in [0.25, 0.3) is 0 Å². The number of nitrogens with zero attached hydrogens (tertiary/aromatic N) is 1. The lowest BCUT2D eigenvalue weighted by Gasteiger charge is -2.22. The lowest BCUT2D eigenvalue weighted by molar-refractivity contribution is 0.264. The van der Waals surface area contributed by atoms with Crippen LogP contribution in [0.4, 0.5) is 0 Å². The third-order valence-corrected chi connectivity index (χ3v) is 13.1. The topological polar surface area (TPSA) is 77.4 Å². The van der Waals surface area contributed by atoms with E-state index in [1.54, 1.807) is 0 Å². The van der Waals surface area contributed by atoms with Gasteiger partial charge in [0.25, 0.3) is 0 Å². The molecule has 56 heavy (non-hydrogen) atoms. The molecule has 0 saturated carbocycles. The van der Waals surface area contributed by atoms with Gasteiger partial charge in [0, 0.05) is 24.6 Å². The summed E-state index contributed by atoms with van der Waals surface area (Å²) in [5.74, 6) is 2.53. The summed E-state index contributed by atoms with van der Waals surface area (Å²) in [6.07, 6.45) is 47.6. The predicted octanol–water partition coefficient (Wildman–Crippen LogP) is 13.2. The lowest BCUT2D eigenvalue weighted by atomic mass is 10.0. The molecule has 0 atom stereocenters. The fraction of sp³-hybridized carbons (Fsp3) is 1.00. The summed E-state index contributed by atoms with van der Waals surface area (Å²) in [6.45, 7) is 15.8. The Labute approximate surface area is 362 Å². The van der Waals surface area contributed by atoms with Crippen LogP contribution in [0, 0.1) is 0 Å². The molecule has 0 aliphatic heterocycles. The van der Waals surface area contributed by atoms with Crippen LogP contribution < -0.4 is 25.8 Å². The Bertz CT molecular complexity index is 634. The molecule has 6 nitrogen and oxygen atoms in total. The Balaban J connectivity index is 3.87. The number of hydrogen-bond acceptors (Lipinski definition) is 8. The van der Waals surface area contributed by atoms with Crippen LogP contribution in [0.3, 0.4) is 0 Å². The highest BCUT2D eigenvalue weighted by Gasteiger charge is 2.05. The fourth-order valence-electron chi connectivity index (χ4n) is 7.52. The first-order chi connectivity index (χ1) is 27.8. The van der Waals surface area contributed by atoms with Crippen LogP contribution in [0.1, 0.15) is 232 Å². The summed E-state index contributed by atoms with van der Waals surface area (Å²) >= 11 is 3.93. The molecule has 6 N–H and O–H groups in total. The molecule has 0 aromatic carbocycles. The second kappa shape index (κ2) is 53.5. The average molecular weight is 830 g/mol. The van der Waals surface area contributed by atoms with E-state index < -0.39 is 0 Å². The molecule has 0 aliphatic rings. The third kappa shape index (κ3) is 50.6. The molecule has 0 amide bonds. The van der Waals surface area contributed by atoms with Crippen molar-refractivity contribution in [3.8, 4) is 0 Å². The van der Waals surface area contributed by atoms with E-state index >= 15 is 0 Å². The van der Waals surface area contributed by atoms with Gasteiger partial charge in [-0.15, -0.1) is 0 Å². The van der Waals surface area contributed by atoms with Gasteiger partial charge >= 0.3 is 0 Å². The number of rotatable bonds is 52. The third-order valence-electron chi connectivity index (χ3n) is 11.3. The molecule has 0 saturated heterocycles. The molecule has 0 heterocycles. The Morgan fingerprint density at radius 3 is 0.946 bits per heavy atom. The van der Waals surface area contributed by atoms with E-state index in [0.29, 0.717) is 0 Å². The summed E-state index contributed by atoms with van der Waals surface area (Å²) in [6, 6.07) is 0. The molecule has 0 fully saturated rings. The number of nitrogens with two attached hydrogens (primary N) is 1. The van der Waals surface area contributed by atoms with Crippen molar-refractivity contribution >= 4 is 23.9 Å². The van der Waals surface area contributed by atoms with E-state index in [0.717, 1.165) is 52.2 Å². The molecule has 0 aromatic rings. The van der Waals surface area contributed by atoms with Gasteiger partial charge in [-0.05, 0) is 104 Å². The van der Waals surface area contributed by atoms with Gasteiger partial charge in [-0.1, -0.05) is 205 Å². The van der Waals surface area contributed by atoms with Crippen molar-refractivity contribution in [3.05, 3.63) is 0 Å². The van der Waals surface area contributed by atoms with Gasteiger partial charge in [-0.3, -0.25) is 9.44 Å². The van der Waals surface area contributed by atoms with E-state index in [1.807, 2.05) is 23.9 Å². The van der Waals surface area contributed by atoms with Crippen molar-refractivity contribution in [2.75, 3.05) is 77.0 Å². The maximum Gasteiger partial charge on any atom is 0.00786 e. The fourth-order valence-corrected chi connectivity index (χ4v) is 9.08. The number of nitrogens with one attached hydrogen (secondary N) is 4. The normalized spacial score (nSPS) is 11.8. The van der Waals surface area contributed by atoms with Crippen LogP contribution in [0.5, 0.6) is 0 Å². The second-order valence-corrected chi connectivity index (χ2v) is 18.9. The zero-order chi connectivity index (χ0) is 40.3. The van der Waals surface area contributed by atoms with Crippen LogP contribution in [0.2, 0.25) is 0 Å². The summed E-state index contributed by atoms with van der Waals surface area (Å²) in [4.78, 5) is 2.73. The van der Waals surface area contributed by atoms with Gasteiger partial charge in [-0.2, -0.15) is 0 Å². The largest absolute Gasteiger partial charge is 0.330 e. The average Bonchev–Trinajstić information content (AvgIpc) is 3.21. The monoisotopic (exact) mass is 829 g/mol. The summed E-state index contributed by atoms with van der Waals surface area (Å²) in [5.41, 5.74) is 5.58. The quantitative estimate of drug-likeness (QED) is 0.0307. The summed E-state index contributed by atoms with van der Waals surface area (Å²) < 4.78 is 7.36. The first-order valence-electron chi connectivity index (χ1n) is 25.4. The molecule has 0 radical (unpaired) electrons. The molecule has 0 bridgehead atoms. The maximum absolute atomic E-state index is 5.58. The molecule has 0 unspecified atom stereocenters. The predicted molar refractivity (Wildman–Crippen MR) is 260 cm³/mol. The van der Waals surface area contributed by atoms with Gasteiger partial charge in [0.2, 0.25) is 0 Å². The van der Waals surface area contributed by atoms with E-state index in [-0.39, 0.29) is 0 Å². The molecule has 0 aromatic heterocycles. The van der Waals surface area contributed by atoms with Crippen LogP contribution in [-0.4, -0.2) is 81.9 Å². The molecular weight excluding hydrogens is 725 g/mol. The zero-order valence-electron chi connectivity index (χ0n) is 38.4. The van der Waals surface area contributed by atoms with E-state index in [9.17, 15) is 0 Å². The van der Waals surface area contributed by atoms with Crippen LogP contribution in [0.15, 0.2) is 0 Å². The van der Waals surface area contributed by atoms with Gasteiger partial charge in [-0.25, -0.2) is 0 Å². The molecular formula is C48H104N6S2. The summed E-state index contributed by atoms with van der Waals surface area (Å²) in [5, 5.41) is 7.19. The molecule has 8 heteroatoms. The van der Waals surface area contributed by atoms with Crippen molar-refractivity contribution in [1.29, 1.82) is 0 Å². The van der Waals surface area contributed by atoms with Crippen molar-refractivity contribution in [1.82, 2.24) is 25.0 Å². The van der Waals surface area contributed by atoms with Gasteiger partial charge < -0.3 is 21.3 Å². The lowest BCUT2D eigenvalue weighted by Crippen LogP contribution is -2.32. The first-order valence-corrected chi connectivity index (χ1v) is 27.3. The molecule has 0 rings (SSSR count). The van der Waals surface area contributed by atoms with Crippen molar-refractivity contribution < 1.29 is 0 Å². The summed E-state index contributed by atoms with van der Waals surface area (Å²) in [7, 11) is 0. The van der Waals surface area contributed by atoms with E-state index in [4.69, 9.17) is 5.73 Å². The Morgan fingerprint density at radius 2 is 0.607 bits per heavy atom. The Morgan fingerprint density at radius 1 is 0.321 bits per heavy atom. The minimum atomic E-state index is 0.787. The highest BCUT2D eigenvalue weighted by Crippen LogP contribution is 2.15. The Hall–Kier alpha value is 0.460. The minimum absolute atomic E-state index is 0.787. The smallest absolute Gasteiger partial charge is 0.00786 e. The highest BCUT2D eigenvalue weighted by atomic mass is 32.2.